The van der Waals surface area contributed by atoms with Gasteiger partial charge in [0.05, 0.1) is 6.20 Å². The second-order valence-electron chi connectivity index (χ2n) is 4.32. The summed E-state index contributed by atoms with van der Waals surface area (Å²) in [7, 11) is 0. The predicted octanol–water partition coefficient (Wildman–Crippen LogP) is -2.13. The summed E-state index contributed by atoms with van der Waals surface area (Å²) in [5, 5.41) is 19.5. The van der Waals surface area contributed by atoms with Crippen molar-refractivity contribution in [2.45, 2.75) is 19.9 Å². The number of nitrogens with one attached hydrogen (secondary N) is 4. The third-order valence-electron chi connectivity index (χ3n) is 2.13. The first kappa shape index (κ1) is 16.4. The van der Waals surface area contributed by atoms with E-state index in [1.165, 1.54) is 6.20 Å². The van der Waals surface area contributed by atoms with Crippen LogP contribution < -0.4 is 38.4 Å². The highest BCUT2D eigenvalue weighted by molar-refractivity contribution is 6.15. The van der Waals surface area contributed by atoms with E-state index in [-0.39, 0.29) is 28.0 Å². The van der Waals surface area contributed by atoms with Crippen LogP contribution in [0.5, 0.6) is 0 Å². The number of nitrogens with two attached hydrogens (primary N) is 2. The Morgan fingerprint density at radius 2 is 2.24 bits per heavy atom. The quantitative estimate of drug-likeness (QED) is 0.248. The Morgan fingerprint density at radius 1 is 1.62 bits per heavy atom. The Balaban J connectivity index is 3.11. The van der Waals surface area contributed by atoms with Crippen molar-refractivity contribution in [3.63, 3.8) is 0 Å². The average molecular weight is 317 g/mol. The van der Waals surface area contributed by atoms with Crippen molar-refractivity contribution in [2.24, 2.45) is 5.73 Å². The maximum Gasteiger partial charge on any atom is 0.334 e. The van der Waals surface area contributed by atoms with E-state index in [1.807, 2.05) is 0 Å². The molecule has 0 aromatic carbocycles. The van der Waals surface area contributed by atoms with Gasteiger partial charge in [0.15, 0.2) is 11.3 Å². The summed E-state index contributed by atoms with van der Waals surface area (Å²) < 4.78 is 0.802. The molecule has 10 nitrogen and oxygen atoms in total. The highest BCUT2D eigenvalue weighted by atomic mass is 35.5. The van der Waals surface area contributed by atoms with Crippen molar-refractivity contribution in [3.05, 3.63) is 16.2 Å². The molecule has 0 saturated heterocycles. The molecule has 1 rings (SSSR count). The van der Waals surface area contributed by atoms with Gasteiger partial charge in [-0.15, -0.1) is 0 Å². The Morgan fingerprint density at radius 3 is 2.76 bits per heavy atom. The molecule has 116 valence electrons. The second kappa shape index (κ2) is 6.70. The molecule has 0 spiro atoms. The van der Waals surface area contributed by atoms with E-state index in [4.69, 9.17) is 28.7 Å². The fraction of sp³-hybridized carbons (Fsp3) is 0.300. The van der Waals surface area contributed by atoms with Crippen molar-refractivity contribution >= 4 is 35.7 Å². The van der Waals surface area contributed by atoms with E-state index in [0.29, 0.717) is 0 Å². The minimum Gasteiger partial charge on any atom is -0.493 e. The summed E-state index contributed by atoms with van der Waals surface area (Å²) >= 11 is 5.78. The first-order valence-corrected chi connectivity index (χ1v) is 6.17. The predicted molar refractivity (Wildman–Crippen MR) is 77.3 cm³/mol. The standard InChI is InChI=1S/C10H17ClN8O2/c1-4(2)15-10(21)18-19(11)3-5-7(12)17-8(13)6(16-5)9(14)20/h3-4,16,20H,14H2,1-2H3,(H3,12,13,17)(H2,15,18,21). The van der Waals surface area contributed by atoms with Gasteiger partial charge >= 0.3 is 6.03 Å². The van der Waals surface area contributed by atoms with E-state index in [9.17, 15) is 9.90 Å². The molecule has 2 amide bonds. The maximum absolute atomic E-state index is 11.4. The first-order valence-electron chi connectivity index (χ1n) is 5.84. The number of nitrogens with zero attached hydrogens (tertiary/aromatic N) is 2. The second-order valence-corrected chi connectivity index (χ2v) is 4.69. The molecule has 21 heavy (non-hydrogen) atoms. The lowest BCUT2D eigenvalue weighted by Crippen LogP contribution is -2.46. The summed E-state index contributed by atoms with van der Waals surface area (Å²) in [6.45, 7) is 3.57. The molecule has 0 radical (unpaired) electrons. The van der Waals surface area contributed by atoms with Crippen LogP contribution in [0.2, 0.25) is 0 Å². The molecule has 0 saturated carbocycles. The highest BCUT2D eigenvalue weighted by Gasteiger charge is 2.05. The largest absolute Gasteiger partial charge is 0.493 e. The van der Waals surface area contributed by atoms with Crippen LogP contribution in [0.25, 0.3) is 12.1 Å². The van der Waals surface area contributed by atoms with Crippen molar-refractivity contribution in [1.82, 2.24) is 25.2 Å². The zero-order chi connectivity index (χ0) is 16.2. The van der Waals surface area contributed by atoms with Gasteiger partial charge in [-0.3, -0.25) is 5.41 Å². The van der Waals surface area contributed by atoms with Crippen LogP contribution in [-0.4, -0.2) is 31.7 Å². The van der Waals surface area contributed by atoms with Gasteiger partial charge in [0.25, 0.3) is 0 Å². The van der Waals surface area contributed by atoms with E-state index in [0.717, 1.165) is 4.53 Å². The number of aliphatic hydroxyl groups excluding tert-OH is 1. The number of aromatic amines is 1. The number of amides is 2. The fourth-order valence-corrected chi connectivity index (χ4v) is 1.49. The summed E-state index contributed by atoms with van der Waals surface area (Å²) in [6.07, 6.45) is 1.17. The Hall–Kier alpha value is -2.62. The van der Waals surface area contributed by atoms with Crippen LogP contribution >= 0.6 is 11.8 Å². The lowest BCUT2D eigenvalue weighted by Gasteiger charge is -2.14. The van der Waals surface area contributed by atoms with Gasteiger partial charge in [0, 0.05) is 17.8 Å². The lowest BCUT2D eigenvalue weighted by molar-refractivity contribution is 0.229. The van der Waals surface area contributed by atoms with Gasteiger partial charge in [0.2, 0.25) is 5.88 Å². The van der Waals surface area contributed by atoms with Crippen molar-refractivity contribution in [2.75, 3.05) is 5.73 Å². The number of carbonyl (C=O) groups excluding carboxylic acids is 1. The third-order valence-corrected chi connectivity index (χ3v) is 2.31. The van der Waals surface area contributed by atoms with E-state index in [1.54, 1.807) is 13.8 Å². The monoisotopic (exact) mass is 316 g/mol. The van der Waals surface area contributed by atoms with E-state index in [2.05, 4.69) is 20.7 Å². The van der Waals surface area contributed by atoms with E-state index >= 15 is 0 Å². The number of hydrogen-bond acceptors (Lipinski definition) is 7. The SMILES string of the molecule is CC(C)NC(=O)NN(Cl)C=c1[nH]c(=C(N)O)c(N)nc1=N. The molecule has 0 bridgehead atoms. The Bertz CT molecular complexity index is 694. The molecule has 1 aromatic rings. The number of H-pyrrole nitrogens is 1. The molecule has 0 unspecified atom stereocenters. The molecule has 0 atom stereocenters. The number of hydrazine groups is 1. The normalized spacial score (nSPS) is 13.0. The van der Waals surface area contributed by atoms with Crippen LogP contribution in [0, 0.1) is 5.41 Å². The van der Waals surface area contributed by atoms with Gasteiger partial charge in [-0.1, -0.05) is 0 Å². The number of carbonyl (C=O) groups is 1. The number of anilines is 1. The van der Waals surface area contributed by atoms with Crippen LogP contribution in [0.15, 0.2) is 0 Å². The molecule has 9 N–H and O–H groups in total. The summed E-state index contributed by atoms with van der Waals surface area (Å²) in [5.74, 6) is -0.718. The number of rotatable bonds is 3. The van der Waals surface area contributed by atoms with Crippen molar-refractivity contribution in [1.29, 1.82) is 5.41 Å². The summed E-state index contributed by atoms with van der Waals surface area (Å²) in [4.78, 5) is 17.7. The lowest BCUT2D eigenvalue weighted by atomic mass is 10.4. The molecular formula is C10H17ClN8O2. The van der Waals surface area contributed by atoms with Gasteiger partial charge in [-0.05, 0) is 13.8 Å². The van der Waals surface area contributed by atoms with Crippen LogP contribution in [0.3, 0.4) is 0 Å². The highest BCUT2D eigenvalue weighted by Crippen LogP contribution is 1.88. The van der Waals surface area contributed by atoms with Gasteiger partial charge in [-0.2, -0.15) is 4.53 Å². The number of urea groups is 1. The Kier molecular flexibility index (Phi) is 5.24. The van der Waals surface area contributed by atoms with Crippen molar-refractivity contribution in [3.8, 4) is 0 Å². The molecule has 11 heteroatoms. The number of aliphatic hydroxyl groups is 1. The van der Waals surface area contributed by atoms with Gasteiger partial charge in [0.1, 0.15) is 10.7 Å². The van der Waals surface area contributed by atoms with E-state index < -0.39 is 11.9 Å². The molecule has 0 aliphatic heterocycles. The smallest absolute Gasteiger partial charge is 0.334 e. The van der Waals surface area contributed by atoms with Gasteiger partial charge < -0.3 is 26.9 Å². The summed E-state index contributed by atoms with van der Waals surface area (Å²) in [5.41, 5.74) is 12.8. The molecule has 0 aliphatic carbocycles. The fourth-order valence-electron chi connectivity index (χ4n) is 1.32. The first-order chi connectivity index (χ1) is 9.70. The topological polar surface area (TPSA) is 169 Å². The minimum absolute atomic E-state index is 0.0473. The average Bonchev–Trinajstić information content (AvgIpc) is 2.30. The minimum atomic E-state index is -0.582. The third kappa shape index (κ3) is 4.76. The summed E-state index contributed by atoms with van der Waals surface area (Å²) in [6, 6.07) is -0.596. The zero-order valence-electron chi connectivity index (χ0n) is 11.4. The number of halogens is 1. The van der Waals surface area contributed by atoms with Crippen LogP contribution in [0.4, 0.5) is 10.6 Å². The molecule has 1 aromatic heterocycles. The molecular weight excluding hydrogens is 300 g/mol. The molecule has 0 aliphatic rings. The number of nitrogen functional groups attached to an aromatic ring is 1. The zero-order valence-corrected chi connectivity index (χ0v) is 12.2. The van der Waals surface area contributed by atoms with Gasteiger partial charge in [-0.25, -0.2) is 15.2 Å². The van der Waals surface area contributed by atoms with Crippen LogP contribution in [0.1, 0.15) is 13.8 Å². The molecule has 0 fully saturated rings. The Labute approximate surface area is 124 Å². The maximum atomic E-state index is 11.4. The molecule has 1 heterocycles. The number of hydrogen-bond donors (Lipinski definition) is 7. The van der Waals surface area contributed by atoms with Crippen molar-refractivity contribution < 1.29 is 9.90 Å². The number of aromatic nitrogens is 2. The van der Waals surface area contributed by atoms with Crippen LogP contribution in [-0.2, 0) is 0 Å².